The van der Waals surface area contributed by atoms with Crippen molar-refractivity contribution < 1.29 is 23.7 Å². The molecular formula is C26H28N4O5. The Morgan fingerprint density at radius 2 is 1.71 bits per heavy atom. The second-order valence-electron chi connectivity index (χ2n) is 8.18. The third-order valence-corrected chi connectivity index (χ3v) is 6.28. The topological polar surface area (TPSA) is 106 Å². The van der Waals surface area contributed by atoms with Crippen molar-refractivity contribution in [3.8, 4) is 29.1 Å². The molecule has 0 bridgehead atoms. The van der Waals surface area contributed by atoms with Gasteiger partial charge in [0.15, 0.2) is 11.5 Å². The fourth-order valence-electron chi connectivity index (χ4n) is 4.47. The van der Waals surface area contributed by atoms with Crippen LogP contribution in [0.3, 0.4) is 0 Å². The van der Waals surface area contributed by atoms with Crippen molar-refractivity contribution in [3.63, 3.8) is 0 Å². The number of anilines is 2. The summed E-state index contributed by atoms with van der Waals surface area (Å²) in [6, 6.07) is 11.3. The Bertz CT molecular complexity index is 1250. The summed E-state index contributed by atoms with van der Waals surface area (Å²) in [6.45, 7) is 1.29. The maximum Gasteiger partial charge on any atom is 0.227 e. The van der Waals surface area contributed by atoms with Crippen molar-refractivity contribution in [2.45, 2.75) is 12.8 Å². The molecule has 0 unspecified atom stereocenters. The number of nitrogens with zero attached hydrogens (tertiary/aromatic N) is 3. The van der Waals surface area contributed by atoms with Crippen LogP contribution in [0.2, 0.25) is 0 Å². The number of hydrogen-bond donors (Lipinski definition) is 1. The molecule has 1 amide bonds. The summed E-state index contributed by atoms with van der Waals surface area (Å²) in [5.41, 5.74) is 2.71. The Labute approximate surface area is 204 Å². The number of fused-ring (bicyclic) bond motifs is 1. The number of amides is 1. The van der Waals surface area contributed by atoms with Gasteiger partial charge in [0, 0.05) is 54.5 Å². The molecule has 0 radical (unpaired) electrons. The number of aromatic nitrogens is 1. The number of ether oxygens (including phenoxy) is 4. The fourth-order valence-corrected chi connectivity index (χ4v) is 4.47. The average molecular weight is 477 g/mol. The van der Waals surface area contributed by atoms with E-state index in [-0.39, 0.29) is 11.8 Å². The molecule has 3 aromatic rings. The number of carbonyl (C=O) groups is 1. The summed E-state index contributed by atoms with van der Waals surface area (Å²) < 4.78 is 21.4. The van der Waals surface area contributed by atoms with Crippen LogP contribution in [-0.2, 0) is 4.79 Å². The Balaban J connectivity index is 1.50. The molecule has 1 fully saturated rings. The first kappa shape index (κ1) is 24.0. The zero-order chi connectivity index (χ0) is 24.9. The maximum atomic E-state index is 13.1. The molecule has 0 atom stereocenters. The van der Waals surface area contributed by atoms with E-state index in [0.29, 0.717) is 60.2 Å². The van der Waals surface area contributed by atoms with Gasteiger partial charge in [0.1, 0.15) is 11.8 Å². The van der Waals surface area contributed by atoms with Gasteiger partial charge in [-0.1, -0.05) is 0 Å². The van der Waals surface area contributed by atoms with Gasteiger partial charge in [-0.15, -0.1) is 0 Å². The molecule has 0 saturated carbocycles. The molecule has 2 aromatic carbocycles. The molecule has 9 heteroatoms. The van der Waals surface area contributed by atoms with E-state index in [1.54, 1.807) is 25.4 Å². The molecule has 2 heterocycles. The number of nitrogens with one attached hydrogen (secondary N) is 1. The van der Waals surface area contributed by atoms with Crippen molar-refractivity contribution in [2.75, 3.05) is 51.7 Å². The van der Waals surface area contributed by atoms with E-state index in [0.717, 1.165) is 16.6 Å². The zero-order valence-electron chi connectivity index (χ0n) is 20.3. The lowest BCUT2D eigenvalue weighted by Crippen LogP contribution is -2.38. The van der Waals surface area contributed by atoms with E-state index in [2.05, 4.69) is 21.3 Å². The molecule has 1 N–H and O–H groups in total. The van der Waals surface area contributed by atoms with E-state index in [9.17, 15) is 10.1 Å². The number of carbonyl (C=O) groups excluding carboxylic acids is 1. The van der Waals surface area contributed by atoms with Crippen LogP contribution in [0.25, 0.3) is 10.9 Å². The van der Waals surface area contributed by atoms with Crippen molar-refractivity contribution in [2.24, 2.45) is 5.92 Å². The van der Waals surface area contributed by atoms with Crippen LogP contribution in [0.15, 0.2) is 36.5 Å². The number of benzene rings is 2. The summed E-state index contributed by atoms with van der Waals surface area (Å²) in [4.78, 5) is 19.6. The van der Waals surface area contributed by atoms with Crippen LogP contribution in [0.1, 0.15) is 18.4 Å². The summed E-state index contributed by atoms with van der Waals surface area (Å²) in [6.07, 6.45) is 2.91. The minimum atomic E-state index is -0.163. The van der Waals surface area contributed by atoms with E-state index >= 15 is 0 Å². The van der Waals surface area contributed by atoms with Crippen LogP contribution in [0, 0.1) is 17.2 Å². The van der Waals surface area contributed by atoms with Crippen molar-refractivity contribution in [1.82, 2.24) is 4.98 Å². The van der Waals surface area contributed by atoms with Gasteiger partial charge in [-0.25, -0.2) is 0 Å². The van der Waals surface area contributed by atoms with E-state index in [4.69, 9.17) is 18.9 Å². The lowest BCUT2D eigenvalue weighted by atomic mass is 9.94. The van der Waals surface area contributed by atoms with Crippen molar-refractivity contribution in [1.29, 1.82) is 5.26 Å². The van der Waals surface area contributed by atoms with Crippen LogP contribution >= 0.6 is 0 Å². The highest BCUT2D eigenvalue weighted by atomic mass is 16.5. The van der Waals surface area contributed by atoms with Crippen molar-refractivity contribution in [3.05, 3.63) is 42.1 Å². The van der Waals surface area contributed by atoms with Crippen LogP contribution < -0.4 is 29.2 Å². The lowest BCUT2D eigenvalue weighted by Gasteiger charge is -2.34. The normalized spacial score (nSPS) is 13.7. The van der Waals surface area contributed by atoms with Gasteiger partial charge in [0.2, 0.25) is 11.7 Å². The third kappa shape index (κ3) is 4.73. The Hall–Kier alpha value is -4.19. The van der Waals surface area contributed by atoms with Gasteiger partial charge in [0.25, 0.3) is 0 Å². The fraction of sp³-hybridized carbons (Fsp3) is 0.346. The summed E-state index contributed by atoms with van der Waals surface area (Å²) in [5, 5.41) is 13.6. The molecule has 0 spiro atoms. The van der Waals surface area contributed by atoms with Gasteiger partial charge in [0.05, 0.1) is 45.2 Å². The Kier molecular flexibility index (Phi) is 7.11. The molecule has 35 heavy (non-hydrogen) atoms. The second-order valence-corrected chi connectivity index (χ2v) is 8.18. The average Bonchev–Trinajstić information content (AvgIpc) is 2.91. The largest absolute Gasteiger partial charge is 0.497 e. The van der Waals surface area contributed by atoms with Crippen LogP contribution in [-0.4, -0.2) is 52.4 Å². The highest BCUT2D eigenvalue weighted by molar-refractivity contribution is 5.96. The van der Waals surface area contributed by atoms with E-state index < -0.39 is 0 Å². The predicted octanol–water partition coefficient (Wildman–Crippen LogP) is 4.00. The van der Waals surface area contributed by atoms with E-state index in [1.807, 2.05) is 18.2 Å². The van der Waals surface area contributed by atoms with Gasteiger partial charge in [-0.3, -0.25) is 9.78 Å². The molecule has 1 aliphatic heterocycles. The number of methoxy groups -OCH3 is 4. The predicted molar refractivity (Wildman–Crippen MR) is 133 cm³/mol. The molecular weight excluding hydrogens is 448 g/mol. The SMILES string of the molecule is COc1ccc2c(N3CCC(C(=O)Nc4cc(OC)c(OC)c(OC)c4)CC3)c(C#N)cnc2c1. The summed E-state index contributed by atoms with van der Waals surface area (Å²) in [7, 11) is 6.21. The first-order valence-electron chi connectivity index (χ1n) is 11.3. The Morgan fingerprint density at radius 1 is 1.03 bits per heavy atom. The Morgan fingerprint density at radius 3 is 2.29 bits per heavy atom. The number of pyridine rings is 1. The summed E-state index contributed by atoms with van der Waals surface area (Å²) in [5.74, 6) is 1.90. The van der Waals surface area contributed by atoms with E-state index in [1.165, 1.54) is 21.3 Å². The van der Waals surface area contributed by atoms with Gasteiger partial charge < -0.3 is 29.2 Å². The standard InChI is InChI=1S/C26H28N4O5/c1-32-19-5-6-20-21(13-19)28-15-17(14-27)24(20)30-9-7-16(8-10-30)26(31)29-18-11-22(33-2)25(35-4)23(12-18)34-3/h5-6,11-13,15-16H,7-10H2,1-4H3,(H,29,31). The number of rotatable bonds is 7. The minimum absolute atomic E-state index is 0.0660. The number of piperidine rings is 1. The maximum absolute atomic E-state index is 13.1. The van der Waals surface area contributed by atoms with Gasteiger partial charge in [-0.05, 0) is 25.0 Å². The minimum Gasteiger partial charge on any atom is -0.497 e. The number of nitriles is 1. The van der Waals surface area contributed by atoms with Crippen molar-refractivity contribution >= 4 is 28.2 Å². The first-order chi connectivity index (χ1) is 17.0. The molecule has 1 aliphatic rings. The molecule has 1 saturated heterocycles. The lowest BCUT2D eigenvalue weighted by molar-refractivity contribution is -0.120. The molecule has 182 valence electrons. The molecule has 4 rings (SSSR count). The van der Waals surface area contributed by atoms with Crippen LogP contribution in [0.5, 0.6) is 23.0 Å². The highest BCUT2D eigenvalue weighted by Gasteiger charge is 2.28. The second kappa shape index (κ2) is 10.4. The molecule has 1 aromatic heterocycles. The van der Waals surface area contributed by atoms with Gasteiger partial charge >= 0.3 is 0 Å². The third-order valence-electron chi connectivity index (χ3n) is 6.28. The highest BCUT2D eigenvalue weighted by Crippen LogP contribution is 2.40. The number of hydrogen-bond acceptors (Lipinski definition) is 8. The first-order valence-corrected chi connectivity index (χ1v) is 11.3. The molecule has 9 nitrogen and oxygen atoms in total. The zero-order valence-corrected chi connectivity index (χ0v) is 20.3. The van der Waals surface area contributed by atoms with Gasteiger partial charge in [-0.2, -0.15) is 5.26 Å². The smallest absolute Gasteiger partial charge is 0.227 e. The summed E-state index contributed by atoms with van der Waals surface area (Å²) >= 11 is 0. The monoisotopic (exact) mass is 476 g/mol. The van der Waals surface area contributed by atoms with Crippen LogP contribution in [0.4, 0.5) is 11.4 Å². The quantitative estimate of drug-likeness (QED) is 0.546. The molecule has 0 aliphatic carbocycles.